The largest absolute Gasteiger partial charge is 0.452 e. The third kappa shape index (κ3) is 2.35. The zero-order valence-corrected chi connectivity index (χ0v) is 13.0. The molecule has 2 nitrogen and oxygen atoms in total. The highest BCUT2D eigenvalue weighted by molar-refractivity contribution is 9.10. The second kappa shape index (κ2) is 5.10. The number of hydrogen-bond donors (Lipinski definition) is 0. The third-order valence-electron chi connectivity index (χ3n) is 3.18. The molecule has 2 unspecified atom stereocenters. The summed E-state index contributed by atoms with van der Waals surface area (Å²) in [5.74, 6) is -0.265. The van der Waals surface area contributed by atoms with Crippen LogP contribution in [-0.2, 0) is 4.74 Å². The second-order valence-corrected chi connectivity index (χ2v) is 6.27. The number of ether oxygens (including phenoxy) is 1. The van der Waals surface area contributed by atoms with Crippen molar-refractivity contribution >= 4 is 37.8 Å². The van der Waals surface area contributed by atoms with E-state index >= 15 is 0 Å². The summed E-state index contributed by atoms with van der Waals surface area (Å²) in [5, 5.41) is 0. The minimum absolute atomic E-state index is 0.0254. The fraction of sp³-hybridized carbons (Fsp3) is 0.133. The van der Waals surface area contributed by atoms with Gasteiger partial charge >= 0.3 is 5.97 Å². The number of halogens is 2. The van der Waals surface area contributed by atoms with Gasteiger partial charge in [-0.3, -0.25) is 0 Å². The summed E-state index contributed by atoms with van der Waals surface area (Å²) in [7, 11) is 0. The van der Waals surface area contributed by atoms with Crippen LogP contribution in [0.3, 0.4) is 0 Å². The molecule has 3 rings (SSSR count). The molecule has 0 bridgehead atoms. The molecule has 1 heterocycles. The number of carbonyl (C=O) groups excluding carboxylic acids is 1. The molecule has 1 aliphatic heterocycles. The Morgan fingerprint density at radius 3 is 2.42 bits per heavy atom. The quantitative estimate of drug-likeness (QED) is 0.524. The van der Waals surface area contributed by atoms with Gasteiger partial charge in [-0.1, -0.05) is 62.2 Å². The molecule has 0 saturated carbocycles. The molecule has 96 valence electrons. The molecule has 0 amide bonds. The minimum atomic E-state index is -0.296. The lowest BCUT2D eigenvalue weighted by Gasteiger charge is -2.29. The first kappa shape index (κ1) is 12.9. The average Bonchev–Trinajstić information content (AvgIpc) is 2.44. The Bertz CT molecular complexity index is 622. The van der Waals surface area contributed by atoms with Gasteiger partial charge in [0.05, 0.1) is 10.4 Å². The summed E-state index contributed by atoms with van der Waals surface area (Å²) < 4.78 is 6.55. The van der Waals surface area contributed by atoms with Gasteiger partial charge in [0.25, 0.3) is 0 Å². The van der Waals surface area contributed by atoms with E-state index in [0.29, 0.717) is 5.56 Å². The van der Waals surface area contributed by atoms with E-state index in [2.05, 4.69) is 31.9 Å². The standard InChI is InChI=1S/C15H10Br2O2/c16-10-7-5-9(6-8-10)14-13(17)11-3-1-2-4-12(11)15(18)19-14/h1-8,13-14H. The number of esters is 1. The summed E-state index contributed by atoms with van der Waals surface area (Å²) in [6, 6.07) is 15.4. The van der Waals surface area contributed by atoms with Crippen molar-refractivity contribution in [1.82, 2.24) is 0 Å². The van der Waals surface area contributed by atoms with Gasteiger partial charge < -0.3 is 4.74 Å². The predicted molar refractivity (Wildman–Crippen MR) is 80.4 cm³/mol. The van der Waals surface area contributed by atoms with E-state index in [1.807, 2.05) is 42.5 Å². The molecule has 0 fully saturated rings. The molecule has 0 saturated heterocycles. The van der Waals surface area contributed by atoms with E-state index in [4.69, 9.17) is 4.74 Å². The smallest absolute Gasteiger partial charge is 0.339 e. The van der Waals surface area contributed by atoms with E-state index in [-0.39, 0.29) is 16.9 Å². The van der Waals surface area contributed by atoms with Crippen LogP contribution >= 0.6 is 31.9 Å². The van der Waals surface area contributed by atoms with E-state index in [0.717, 1.165) is 15.6 Å². The molecule has 0 radical (unpaired) electrons. The number of alkyl halides is 1. The van der Waals surface area contributed by atoms with E-state index in [1.54, 1.807) is 6.07 Å². The van der Waals surface area contributed by atoms with Crippen molar-refractivity contribution in [3.05, 3.63) is 69.7 Å². The van der Waals surface area contributed by atoms with Crippen LogP contribution in [0.5, 0.6) is 0 Å². The van der Waals surface area contributed by atoms with Crippen LogP contribution in [0, 0.1) is 0 Å². The van der Waals surface area contributed by atoms with E-state index < -0.39 is 0 Å². The SMILES string of the molecule is O=C1OC(c2ccc(Br)cc2)C(Br)c2ccccc21. The lowest BCUT2D eigenvalue weighted by molar-refractivity contribution is 0.0249. The summed E-state index contributed by atoms with van der Waals surface area (Å²) in [6.45, 7) is 0. The van der Waals surface area contributed by atoms with Gasteiger partial charge in [-0.05, 0) is 29.3 Å². The Hall–Kier alpha value is -1.13. The highest BCUT2D eigenvalue weighted by Crippen LogP contribution is 2.44. The van der Waals surface area contributed by atoms with Gasteiger partial charge in [0.1, 0.15) is 6.10 Å². The van der Waals surface area contributed by atoms with E-state index in [1.165, 1.54) is 0 Å². The molecule has 19 heavy (non-hydrogen) atoms. The number of fused-ring (bicyclic) bond motifs is 1. The van der Waals surface area contributed by atoms with Crippen LogP contribution in [-0.4, -0.2) is 5.97 Å². The number of rotatable bonds is 1. The van der Waals surface area contributed by atoms with Crippen LogP contribution in [0.1, 0.15) is 32.4 Å². The molecular weight excluding hydrogens is 372 g/mol. The van der Waals surface area contributed by atoms with Crippen molar-refractivity contribution in [3.63, 3.8) is 0 Å². The first-order valence-corrected chi connectivity index (χ1v) is 7.57. The Labute approximate surface area is 128 Å². The maximum absolute atomic E-state index is 12.0. The molecule has 4 heteroatoms. The third-order valence-corrected chi connectivity index (χ3v) is 4.68. The molecule has 2 aromatic carbocycles. The Balaban J connectivity index is 2.02. The van der Waals surface area contributed by atoms with Gasteiger partial charge in [-0.15, -0.1) is 0 Å². The highest BCUT2D eigenvalue weighted by atomic mass is 79.9. The topological polar surface area (TPSA) is 26.3 Å². The average molecular weight is 382 g/mol. The molecule has 0 aromatic heterocycles. The van der Waals surface area contributed by atoms with Gasteiger partial charge in [0.15, 0.2) is 0 Å². The number of benzene rings is 2. The molecular formula is C15H10Br2O2. The predicted octanol–water partition coefficient (Wildman–Crippen LogP) is 4.80. The Morgan fingerprint density at radius 2 is 1.68 bits per heavy atom. The zero-order chi connectivity index (χ0) is 13.4. The fourth-order valence-electron chi connectivity index (χ4n) is 2.21. The van der Waals surface area contributed by atoms with Crippen molar-refractivity contribution in [2.75, 3.05) is 0 Å². The monoisotopic (exact) mass is 380 g/mol. The second-order valence-electron chi connectivity index (χ2n) is 4.37. The van der Waals surface area contributed by atoms with Crippen LogP contribution in [0.15, 0.2) is 53.0 Å². The zero-order valence-electron chi connectivity index (χ0n) is 9.85. The van der Waals surface area contributed by atoms with Crippen LogP contribution in [0.4, 0.5) is 0 Å². The Kier molecular flexibility index (Phi) is 3.46. The van der Waals surface area contributed by atoms with Crippen LogP contribution in [0.2, 0.25) is 0 Å². The lowest BCUT2D eigenvalue weighted by Crippen LogP contribution is -2.23. The number of hydrogen-bond acceptors (Lipinski definition) is 2. The van der Waals surface area contributed by atoms with Gasteiger partial charge in [0, 0.05) is 4.47 Å². The van der Waals surface area contributed by atoms with Crippen molar-refractivity contribution < 1.29 is 9.53 Å². The van der Waals surface area contributed by atoms with Crippen LogP contribution < -0.4 is 0 Å². The lowest BCUT2D eigenvalue weighted by atomic mass is 9.95. The van der Waals surface area contributed by atoms with E-state index in [9.17, 15) is 4.79 Å². The van der Waals surface area contributed by atoms with Crippen LogP contribution in [0.25, 0.3) is 0 Å². The summed E-state index contributed by atoms with van der Waals surface area (Å²) in [5.41, 5.74) is 2.59. The van der Waals surface area contributed by atoms with Crippen molar-refractivity contribution in [2.45, 2.75) is 10.9 Å². The normalized spacial score (nSPS) is 21.7. The fourth-order valence-corrected chi connectivity index (χ4v) is 3.29. The molecule has 2 atom stereocenters. The van der Waals surface area contributed by atoms with Crippen molar-refractivity contribution in [3.8, 4) is 0 Å². The highest BCUT2D eigenvalue weighted by Gasteiger charge is 2.34. The van der Waals surface area contributed by atoms with Crippen molar-refractivity contribution in [2.24, 2.45) is 0 Å². The Morgan fingerprint density at radius 1 is 1.00 bits per heavy atom. The van der Waals surface area contributed by atoms with Gasteiger partial charge in [-0.2, -0.15) is 0 Å². The maximum atomic E-state index is 12.0. The van der Waals surface area contributed by atoms with Gasteiger partial charge in [0.2, 0.25) is 0 Å². The number of cyclic esters (lactones) is 1. The van der Waals surface area contributed by atoms with Crippen molar-refractivity contribution in [1.29, 1.82) is 0 Å². The first-order valence-electron chi connectivity index (χ1n) is 5.86. The molecule has 2 aromatic rings. The molecule has 1 aliphatic rings. The molecule has 0 aliphatic carbocycles. The summed E-state index contributed by atoms with van der Waals surface area (Å²) >= 11 is 7.05. The first-order chi connectivity index (χ1) is 9.16. The summed E-state index contributed by atoms with van der Waals surface area (Å²) in [4.78, 5) is 12.0. The number of carbonyl (C=O) groups is 1. The molecule has 0 spiro atoms. The minimum Gasteiger partial charge on any atom is -0.452 e. The van der Waals surface area contributed by atoms with Gasteiger partial charge in [-0.25, -0.2) is 4.79 Å². The summed E-state index contributed by atoms with van der Waals surface area (Å²) in [6.07, 6.45) is -0.296. The maximum Gasteiger partial charge on any atom is 0.339 e. The molecule has 0 N–H and O–H groups in total.